The number of rotatable bonds is 5. The first kappa shape index (κ1) is 22.2. The zero-order valence-electron chi connectivity index (χ0n) is 18.6. The Morgan fingerprint density at radius 2 is 1.91 bits per heavy atom. The molecule has 1 N–H and O–H groups in total. The van der Waals surface area contributed by atoms with Crippen molar-refractivity contribution in [3.05, 3.63) is 92.4 Å². The molecule has 3 aromatic rings. The number of nitro groups is 1. The first-order chi connectivity index (χ1) is 16.4. The van der Waals surface area contributed by atoms with Crippen LogP contribution in [0.1, 0.15) is 28.4 Å². The Labute approximate surface area is 200 Å². The Balaban J connectivity index is 1.43. The normalized spacial score (nSPS) is 18.8. The van der Waals surface area contributed by atoms with Gasteiger partial charge in [0.05, 0.1) is 10.6 Å². The van der Waals surface area contributed by atoms with Crippen LogP contribution in [0.25, 0.3) is 0 Å². The number of benzene rings is 2. The van der Waals surface area contributed by atoms with Crippen LogP contribution in [0.15, 0.2) is 70.4 Å². The average Bonchev–Trinajstić information content (AvgIpc) is 2.84. The number of amides is 1. The van der Waals surface area contributed by atoms with Gasteiger partial charge in [0.1, 0.15) is 5.69 Å². The molecule has 0 radical (unpaired) electrons. The number of nitrogens with zero attached hydrogens (tertiary/aromatic N) is 3. The lowest BCUT2D eigenvalue weighted by Crippen LogP contribution is -2.47. The molecule has 3 heterocycles. The van der Waals surface area contributed by atoms with E-state index in [0.29, 0.717) is 31.0 Å². The van der Waals surface area contributed by atoms with Crippen LogP contribution in [-0.2, 0) is 6.54 Å². The molecule has 9 heteroatoms. The van der Waals surface area contributed by atoms with Gasteiger partial charge in [-0.15, -0.1) is 11.8 Å². The number of para-hydroxylation sites is 1. The Bertz CT molecular complexity index is 1340. The Morgan fingerprint density at radius 3 is 2.71 bits per heavy atom. The number of pyridine rings is 1. The van der Waals surface area contributed by atoms with E-state index in [4.69, 9.17) is 0 Å². The van der Waals surface area contributed by atoms with Crippen molar-refractivity contribution in [3.63, 3.8) is 0 Å². The van der Waals surface area contributed by atoms with Gasteiger partial charge >= 0.3 is 0 Å². The number of piperidine rings is 1. The van der Waals surface area contributed by atoms with Crippen LogP contribution in [0.2, 0.25) is 0 Å². The number of nitrogens with one attached hydrogen (secondary N) is 1. The molecular formula is C25H24N4O4S. The summed E-state index contributed by atoms with van der Waals surface area (Å²) in [5, 5.41) is 14.8. The predicted octanol–water partition coefficient (Wildman–Crippen LogP) is 4.35. The van der Waals surface area contributed by atoms with Crippen LogP contribution in [0.5, 0.6) is 0 Å². The van der Waals surface area contributed by atoms with Gasteiger partial charge in [0, 0.05) is 53.8 Å². The Morgan fingerprint density at radius 1 is 1.09 bits per heavy atom. The molecule has 0 aliphatic carbocycles. The van der Waals surface area contributed by atoms with Crippen molar-refractivity contribution in [3.8, 4) is 0 Å². The van der Waals surface area contributed by atoms with Crippen molar-refractivity contribution in [1.82, 2.24) is 4.57 Å². The average molecular weight is 477 g/mol. The summed E-state index contributed by atoms with van der Waals surface area (Å²) in [6, 6.07) is 17.4. The lowest BCUT2D eigenvalue weighted by atomic mass is 9.83. The molecule has 2 aliphatic heterocycles. The fourth-order valence-electron chi connectivity index (χ4n) is 5.11. The summed E-state index contributed by atoms with van der Waals surface area (Å²) >= 11 is 1.51. The van der Waals surface area contributed by atoms with Gasteiger partial charge in [-0.1, -0.05) is 18.2 Å². The Kier molecular flexibility index (Phi) is 5.87. The number of aromatic nitrogens is 1. The second kappa shape index (κ2) is 8.98. The van der Waals surface area contributed by atoms with E-state index >= 15 is 0 Å². The van der Waals surface area contributed by atoms with Gasteiger partial charge in [0.25, 0.3) is 17.2 Å². The molecule has 2 bridgehead atoms. The van der Waals surface area contributed by atoms with Crippen molar-refractivity contribution in [2.24, 2.45) is 5.92 Å². The molecule has 5 rings (SSSR count). The molecule has 8 nitrogen and oxygen atoms in total. The summed E-state index contributed by atoms with van der Waals surface area (Å²) in [5.41, 5.74) is 2.32. The highest BCUT2D eigenvalue weighted by Crippen LogP contribution is 2.40. The number of fused-ring (bicyclic) bond motifs is 4. The number of carbonyl (C=O) groups excluding carboxylic acids is 1. The third-order valence-corrected chi connectivity index (χ3v) is 7.41. The molecule has 2 aliphatic rings. The molecule has 2 atom stereocenters. The highest BCUT2D eigenvalue weighted by Gasteiger charge is 2.36. The summed E-state index contributed by atoms with van der Waals surface area (Å²) in [6.45, 7) is 1.84. The van der Waals surface area contributed by atoms with Gasteiger partial charge in [0.15, 0.2) is 0 Å². The molecule has 1 saturated heterocycles. The largest absolute Gasteiger partial charge is 0.365 e. The van der Waals surface area contributed by atoms with Gasteiger partial charge in [-0.2, -0.15) is 0 Å². The van der Waals surface area contributed by atoms with Gasteiger partial charge in [-0.3, -0.25) is 19.7 Å². The quantitative estimate of drug-likeness (QED) is 0.334. The van der Waals surface area contributed by atoms with E-state index in [0.717, 1.165) is 17.0 Å². The lowest BCUT2D eigenvalue weighted by Gasteiger charge is -2.43. The van der Waals surface area contributed by atoms with Gasteiger partial charge in [-0.25, -0.2) is 0 Å². The van der Waals surface area contributed by atoms with Crippen molar-refractivity contribution in [1.29, 1.82) is 0 Å². The van der Waals surface area contributed by atoms with E-state index in [1.54, 1.807) is 24.3 Å². The zero-order chi connectivity index (χ0) is 23.8. The molecule has 0 saturated carbocycles. The third-order valence-electron chi connectivity index (χ3n) is 6.61. The molecule has 1 fully saturated rings. The van der Waals surface area contributed by atoms with Crippen LogP contribution in [0, 0.1) is 16.0 Å². The smallest absolute Gasteiger partial charge is 0.293 e. The topological polar surface area (TPSA) is 97.5 Å². The van der Waals surface area contributed by atoms with Crippen LogP contribution in [0.3, 0.4) is 0 Å². The second-order valence-corrected chi connectivity index (χ2v) is 9.57. The van der Waals surface area contributed by atoms with Crippen molar-refractivity contribution >= 4 is 34.7 Å². The van der Waals surface area contributed by atoms with Crippen LogP contribution in [0.4, 0.5) is 17.1 Å². The molecule has 0 unspecified atom stereocenters. The minimum Gasteiger partial charge on any atom is -0.365 e. The van der Waals surface area contributed by atoms with Crippen LogP contribution >= 0.6 is 11.8 Å². The molecule has 174 valence electrons. The minimum atomic E-state index is -0.426. The van der Waals surface area contributed by atoms with Crippen molar-refractivity contribution in [2.45, 2.75) is 23.8 Å². The standard InChI is InChI=1S/C25H24N4O4S/c1-34-23-7-3-2-5-19(23)26-25(31)17-9-10-21(22(12-17)29(32)33)27-13-16-11-18(15-27)20-6-4-8-24(30)28(20)14-16/h2-10,12,16,18H,11,13-15H2,1H3,(H,26,31)/t16-,18+/m1/s1. The number of hydrogen-bond acceptors (Lipinski definition) is 6. The van der Waals surface area contributed by atoms with E-state index in [1.165, 1.54) is 17.8 Å². The van der Waals surface area contributed by atoms with Crippen LogP contribution < -0.4 is 15.8 Å². The molecular weight excluding hydrogens is 452 g/mol. The fraction of sp³-hybridized carbons (Fsp3) is 0.280. The Hall–Kier alpha value is -3.59. The number of anilines is 2. The highest BCUT2D eigenvalue weighted by molar-refractivity contribution is 7.98. The second-order valence-electron chi connectivity index (χ2n) is 8.72. The molecule has 2 aromatic carbocycles. The number of thioether (sulfide) groups is 1. The maximum absolute atomic E-state index is 12.9. The SMILES string of the molecule is CSc1ccccc1NC(=O)c1ccc(N2C[C@H]3C[C@@H](C2)c2cccc(=O)n2C3)c([N+](=O)[O-])c1. The lowest BCUT2D eigenvalue weighted by molar-refractivity contribution is -0.384. The van der Waals surface area contributed by atoms with E-state index in [9.17, 15) is 19.7 Å². The maximum atomic E-state index is 12.9. The van der Waals surface area contributed by atoms with E-state index in [1.807, 2.05) is 46.1 Å². The summed E-state index contributed by atoms with van der Waals surface area (Å²) in [4.78, 5) is 39.7. The van der Waals surface area contributed by atoms with E-state index < -0.39 is 4.92 Å². The van der Waals surface area contributed by atoms with Gasteiger partial charge in [-0.05, 0) is 48.9 Å². The maximum Gasteiger partial charge on any atom is 0.293 e. The first-order valence-electron chi connectivity index (χ1n) is 11.1. The van der Waals surface area contributed by atoms with Crippen molar-refractivity contribution < 1.29 is 9.72 Å². The van der Waals surface area contributed by atoms with Gasteiger partial charge in [0.2, 0.25) is 0 Å². The fourth-order valence-corrected chi connectivity index (χ4v) is 5.67. The summed E-state index contributed by atoms with van der Waals surface area (Å²) in [5.74, 6) is -0.0241. The minimum absolute atomic E-state index is 0.00467. The monoisotopic (exact) mass is 476 g/mol. The summed E-state index contributed by atoms with van der Waals surface area (Å²) in [6.07, 6.45) is 2.89. The summed E-state index contributed by atoms with van der Waals surface area (Å²) < 4.78 is 1.84. The molecule has 1 amide bonds. The number of carbonyl (C=O) groups is 1. The van der Waals surface area contributed by atoms with Crippen molar-refractivity contribution in [2.75, 3.05) is 29.6 Å². The van der Waals surface area contributed by atoms with Crippen LogP contribution in [-0.4, -0.2) is 34.7 Å². The van der Waals surface area contributed by atoms with E-state index in [2.05, 4.69) is 5.32 Å². The molecule has 0 spiro atoms. The summed E-state index contributed by atoms with van der Waals surface area (Å²) in [7, 11) is 0. The van der Waals surface area contributed by atoms with E-state index in [-0.39, 0.29) is 34.6 Å². The first-order valence-corrected chi connectivity index (χ1v) is 12.3. The highest BCUT2D eigenvalue weighted by atomic mass is 32.2. The molecule has 1 aromatic heterocycles. The third kappa shape index (κ3) is 4.07. The predicted molar refractivity (Wildman–Crippen MR) is 133 cm³/mol. The number of hydrogen-bond donors (Lipinski definition) is 1. The molecule has 34 heavy (non-hydrogen) atoms. The van der Waals surface area contributed by atoms with Gasteiger partial charge < -0.3 is 14.8 Å². The number of nitro benzene ring substituents is 1. The zero-order valence-corrected chi connectivity index (χ0v) is 19.5.